The zero-order chi connectivity index (χ0) is 14.1. The van der Waals surface area contributed by atoms with Crippen LogP contribution in [0.1, 0.15) is 60.8 Å². The molecule has 1 aliphatic heterocycles. The van der Waals surface area contributed by atoms with Crippen LogP contribution in [0.3, 0.4) is 0 Å². The average molecular weight is 294 g/mol. The van der Waals surface area contributed by atoms with Gasteiger partial charge in [0.2, 0.25) is 0 Å². The fraction of sp³-hybridized carbons (Fsp3) is 0.733. The fourth-order valence-corrected chi connectivity index (χ4v) is 4.81. The van der Waals surface area contributed by atoms with Crippen molar-refractivity contribution in [2.24, 2.45) is 5.92 Å². The molecule has 1 aromatic heterocycles. The third-order valence-electron chi connectivity index (χ3n) is 4.70. The van der Waals surface area contributed by atoms with Crippen LogP contribution in [0.25, 0.3) is 0 Å². The number of aryl methyl sites for hydroxylation is 1. The Hall–Kier alpha value is -1.10. The molecule has 3 rings (SSSR count). The van der Waals surface area contributed by atoms with Crippen molar-refractivity contribution >= 4 is 22.4 Å². The number of aromatic carboxylic acids is 1. The summed E-state index contributed by atoms with van der Waals surface area (Å²) < 4.78 is 0. The lowest BCUT2D eigenvalue weighted by Gasteiger charge is -2.44. The lowest BCUT2D eigenvalue weighted by molar-refractivity contribution is 0.0701. The Labute approximate surface area is 123 Å². The van der Waals surface area contributed by atoms with Crippen LogP contribution in [0, 0.1) is 5.92 Å². The van der Waals surface area contributed by atoms with E-state index in [1.807, 2.05) is 6.92 Å². The summed E-state index contributed by atoms with van der Waals surface area (Å²) in [7, 11) is 0. The van der Waals surface area contributed by atoms with E-state index in [2.05, 4.69) is 9.88 Å². The van der Waals surface area contributed by atoms with Crippen molar-refractivity contribution in [1.82, 2.24) is 4.98 Å². The first-order valence-electron chi connectivity index (χ1n) is 7.70. The Bertz CT molecular complexity index is 498. The lowest BCUT2D eigenvalue weighted by atomic mass is 9.78. The average Bonchev–Trinajstić information content (AvgIpc) is 2.91. The van der Waals surface area contributed by atoms with Crippen molar-refractivity contribution in [3.63, 3.8) is 0 Å². The molecule has 2 aliphatic rings. The normalized spacial score (nSPS) is 26.4. The van der Waals surface area contributed by atoms with Gasteiger partial charge in [-0.1, -0.05) is 31.1 Å². The van der Waals surface area contributed by atoms with Gasteiger partial charge in [0, 0.05) is 12.6 Å². The molecule has 5 heteroatoms. The van der Waals surface area contributed by atoms with Gasteiger partial charge in [0.1, 0.15) is 4.88 Å². The molecule has 20 heavy (non-hydrogen) atoms. The van der Waals surface area contributed by atoms with E-state index in [1.165, 1.54) is 49.9 Å². The maximum Gasteiger partial charge on any atom is 0.347 e. The van der Waals surface area contributed by atoms with Crippen molar-refractivity contribution in [2.75, 3.05) is 11.4 Å². The minimum atomic E-state index is -0.831. The third-order valence-corrected chi connectivity index (χ3v) is 5.83. The van der Waals surface area contributed by atoms with E-state index in [9.17, 15) is 9.90 Å². The first-order valence-corrected chi connectivity index (χ1v) is 8.52. The lowest BCUT2D eigenvalue weighted by Crippen LogP contribution is -2.46. The maximum atomic E-state index is 11.3. The van der Waals surface area contributed by atoms with E-state index in [1.54, 1.807) is 0 Å². The zero-order valence-electron chi connectivity index (χ0n) is 12.0. The molecule has 0 radical (unpaired) electrons. The Morgan fingerprint density at radius 1 is 1.35 bits per heavy atom. The van der Waals surface area contributed by atoms with Gasteiger partial charge in [-0.2, -0.15) is 0 Å². The summed E-state index contributed by atoms with van der Waals surface area (Å²) in [5.74, 6) is -0.0393. The van der Waals surface area contributed by atoms with Gasteiger partial charge in [-0.15, -0.1) is 0 Å². The van der Waals surface area contributed by atoms with E-state index < -0.39 is 5.97 Å². The van der Waals surface area contributed by atoms with Gasteiger partial charge >= 0.3 is 5.97 Å². The molecule has 0 bridgehead atoms. The smallest absolute Gasteiger partial charge is 0.347 e. The second kappa shape index (κ2) is 5.72. The highest BCUT2D eigenvalue weighted by Gasteiger charge is 2.35. The monoisotopic (exact) mass is 294 g/mol. The van der Waals surface area contributed by atoms with E-state index >= 15 is 0 Å². The largest absolute Gasteiger partial charge is 0.477 e. The molecule has 0 amide bonds. The van der Waals surface area contributed by atoms with Crippen molar-refractivity contribution in [2.45, 2.75) is 57.9 Å². The van der Waals surface area contributed by atoms with Gasteiger partial charge in [0.05, 0.1) is 5.69 Å². The molecule has 2 atom stereocenters. The van der Waals surface area contributed by atoms with Gasteiger partial charge in [0.25, 0.3) is 0 Å². The van der Waals surface area contributed by atoms with Crippen LogP contribution in [-0.2, 0) is 6.42 Å². The fourth-order valence-electron chi connectivity index (χ4n) is 3.73. The highest BCUT2D eigenvalue weighted by Crippen LogP contribution is 2.39. The molecule has 1 aliphatic carbocycles. The van der Waals surface area contributed by atoms with Crippen LogP contribution in [0.2, 0.25) is 0 Å². The molecule has 1 saturated carbocycles. The van der Waals surface area contributed by atoms with Gasteiger partial charge < -0.3 is 10.0 Å². The summed E-state index contributed by atoms with van der Waals surface area (Å²) in [5, 5.41) is 10.2. The molecular weight excluding hydrogens is 272 g/mol. The number of thiazole rings is 1. The Kier molecular flexibility index (Phi) is 3.96. The summed E-state index contributed by atoms with van der Waals surface area (Å²) in [6.07, 6.45) is 8.47. The standard InChI is InChI=1S/C15H22N2O2S/c1-2-11-13(14(18)19)20-15(16-11)17-9-5-7-10-6-3-4-8-12(10)17/h10,12H,2-9H2,1H3,(H,18,19)/t10-,12-/m1/s1. The zero-order valence-corrected chi connectivity index (χ0v) is 12.8. The molecule has 1 aromatic rings. The summed E-state index contributed by atoms with van der Waals surface area (Å²) >= 11 is 1.37. The van der Waals surface area contributed by atoms with Crippen molar-refractivity contribution < 1.29 is 9.90 Å². The van der Waals surface area contributed by atoms with E-state index in [0.29, 0.717) is 17.3 Å². The number of hydrogen-bond acceptors (Lipinski definition) is 4. The summed E-state index contributed by atoms with van der Waals surface area (Å²) in [4.78, 5) is 18.8. The molecule has 1 N–H and O–H groups in total. The predicted octanol–water partition coefficient (Wildman–Crippen LogP) is 3.56. The van der Waals surface area contributed by atoms with Gasteiger partial charge in [-0.25, -0.2) is 9.78 Å². The van der Waals surface area contributed by atoms with Crippen LogP contribution in [0.15, 0.2) is 0 Å². The Morgan fingerprint density at radius 2 is 2.10 bits per heavy atom. The number of piperidine rings is 1. The van der Waals surface area contributed by atoms with Crippen LogP contribution in [0.5, 0.6) is 0 Å². The quantitative estimate of drug-likeness (QED) is 0.926. The Morgan fingerprint density at radius 3 is 2.80 bits per heavy atom. The molecule has 1 saturated heterocycles. The number of carboxylic acid groups (broad SMARTS) is 1. The predicted molar refractivity (Wildman–Crippen MR) is 80.8 cm³/mol. The van der Waals surface area contributed by atoms with E-state index in [4.69, 9.17) is 0 Å². The van der Waals surface area contributed by atoms with E-state index in [-0.39, 0.29) is 0 Å². The second-order valence-corrected chi connectivity index (χ2v) is 6.86. The summed E-state index contributed by atoms with van der Waals surface area (Å²) in [6.45, 7) is 3.02. The second-order valence-electron chi connectivity index (χ2n) is 5.88. The SMILES string of the molecule is CCc1nc(N2CCC[C@H]3CCCC[C@H]32)sc1C(=O)O. The number of aromatic nitrogens is 1. The molecule has 0 aromatic carbocycles. The van der Waals surface area contributed by atoms with Crippen molar-refractivity contribution in [3.8, 4) is 0 Å². The molecule has 0 spiro atoms. The van der Waals surface area contributed by atoms with Crippen molar-refractivity contribution in [1.29, 1.82) is 0 Å². The van der Waals surface area contributed by atoms with Crippen LogP contribution >= 0.6 is 11.3 Å². The minimum absolute atomic E-state index is 0.431. The number of hydrogen-bond donors (Lipinski definition) is 1. The number of carbonyl (C=O) groups is 1. The highest BCUT2D eigenvalue weighted by atomic mass is 32.1. The highest BCUT2D eigenvalue weighted by molar-refractivity contribution is 7.17. The molecule has 2 heterocycles. The van der Waals surface area contributed by atoms with Gasteiger partial charge in [0.15, 0.2) is 5.13 Å². The van der Waals surface area contributed by atoms with Crippen LogP contribution in [-0.4, -0.2) is 28.6 Å². The van der Waals surface area contributed by atoms with Crippen LogP contribution < -0.4 is 4.90 Å². The third kappa shape index (κ3) is 2.43. The Balaban J connectivity index is 1.89. The first kappa shape index (κ1) is 13.9. The van der Waals surface area contributed by atoms with E-state index in [0.717, 1.165) is 23.3 Å². The number of carboxylic acids is 1. The topological polar surface area (TPSA) is 53.4 Å². The molecule has 110 valence electrons. The molecule has 2 fully saturated rings. The molecule has 0 unspecified atom stereocenters. The molecule has 4 nitrogen and oxygen atoms in total. The summed E-state index contributed by atoms with van der Waals surface area (Å²) in [6, 6.07) is 0.593. The maximum absolute atomic E-state index is 11.3. The van der Waals surface area contributed by atoms with Gasteiger partial charge in [-0.3, -0.25) is 0 Å². The van der Waals surface area contributed by atoms with Crippen molar-refractivity contribution in [3.05, 3.63) is 10.6 Å². The number of fused-ring (bicyclic) bond motifs is 1. The number of rotatable bonds is 3. The molecular formula is C15H22N2O2S. The van der Waals surface area contributed by atoms with Crippen LogP contribution in [0.4, 0.5) is 5.13 Å². The summed E-state index contributed by atoms with van der Waals surface area (Å²) in [5.41, 5.74) is 0.746. The van der Waals surface area contributed by atoms with Gasteiger partial charge in [-0.05, 0) is 38.0 Å². The first-order chi connectivity index (χ1) is 9.70. The number of anilines is 1. The number of nitrogens with zero attached hydrogens (tertiary/aromatic N) is 2. The minimum Gasteiger partial charge on any atom is -0.477 e.